The molecule has 0 atom stereocenters. The van der Waals surface area contributed by atoms with Gasteiger partial charge < -0.3 is 0 Å². The van der Waals surface area contributed by atoms with Gasteiger partial charge in [-0.2, -0.15) is 4.39 Å². The predicted octanol–water partition coefficient (Wildman–Crippen LogP) is 1.61. The van der Waals surface area contributed by atoms with Crippen molar-refractivity contribution in [1.82, 2.24) is 9.71 Å². The third-order valence-electron chi connectivity index (χ3n) is 2.59. The molecule has 2 aromatic rings. The summed E-state index contributed by atoms with van der Waals surface area (Å²) in [7, 11) is -4.23. The van der Waals surface area contributed by atoms with Crippen molar-refractivity contribution in [3.63, 3.8) is 0 Å². The molecule has 0 bridgehead atoms. The van der Waals surface area contributed by atoms with E-state index in [9.17, 15) is 22.9 Å². The zero-order chi connectivity index (χ0) is 15.5. The van der Waals surface area contributed by atoms with Crippen LogP contribution < -0.4 is 4.72 Å². The van der Waals surface area contributed by atoms with E-state index in [1.807, 2.05) is 0 Å². The highest BCUT2D eigenvalue weighted by Gasteiger charge is 2.29. The van der Waals surface area contributed by atoms with Gasteiger partial charge in [-0.3, -0.25) is 15.1 Å². The van der Waals surface area contributed by atoms with Gasteiger partial charge in [0.05, 0.1) is 17.2 Å². The van der Waals surface area contributed by atoms with Crippen molar-refractivity contribution >= 4 is 15.7 Å². The molecule has 0 spiro atoms. The van der Waals surface area contributed by atoms with Gasteiger partial charge in [0.15, 0.2) is 4.90 Å². The zero-order valence-corrected chi connectivity index (χ0v) is 11.4. The summed E-state index contributed by atoms with van der Waals surface area (Å²) in [4.78, 5) is 13.0. The minimum absolute atomic E-state index is 0.156. The summed E-state index contributed by atoms with van der Waals surface area (Å²) in [6, 6.07) is 7.81. The maximum atomic E-state index is 13.4. The fraction of sp³-hybridized carbons (Fsp3) is 0.0833. The Morgan fingerprint density at radius 2 is 2.00 bits per heavy atom. The molecule has 7 nitrogen and oxygen atoms in total. The van der Waals surface area contributed by atoms with Gasteiger partial charge in [-0.1, -0.05) is 12.1 Å². The maximum absolute atomic E-state index is 13.4. The molecular formula is C12H10FN3O4S. The molecule has 0 saturated carbocycles. The van der Waals surface area contributed by atoms with Gasteiger partial charge in [-0.15, -0.1) is 0 Å². The number of para-hydroxylation sites is 1. The average molecular weight is 311 g/mol. The van der Waals surface area contributed by atoms with Crippen LogP contribution in [0.25, 0.3) is 0 Å². The first-order valence-corrected chi connectivity index (χ1v) is 7.22. The highest BCUT2D eigenvalue weighted by Crippen LogP contribution is 2.26. The van der Waals surface area contributed by atoms with Crippen LogP contribution in [0.3, 0.4) is 0 Å². The molecule has 9 heteroatoms. The molecule has 0 radical (unpaired) electrons. The van der Waals surface area contributed by atoms with Crippen molar-refractivity contribution in [2.45, 2.75) is 11.4 Å². The number of nitrogens with zero attached hydrogens (tertiary/aromatic N) is 2. The number of nitrogens with one attached hydrogen (secondary N) is 1. The van der Waals surface area contributed by atoms with E-state index < -0.39 is 31.3 Å². The highest BCUT2D eigenvalue weighted by atomic mass is 32.2. The van der Waals surface area contributed by atoms with Crippen LogP contribution in [0.2, 0.25) is 0 Å². The summed E-state index contributed by atoms with van der Waals surface area (Å²) in [5, 5.41) is 10.8. The van der Waals surface area contributed by atoms with E-state index in [1.54, 1.807) is 18.2 Å². The average Bonchev–Trinajstić information content (AvgIpc) is 2.46. The number of halogens is 1. The van der Waals surface area contributed by atoms with E-state index in [4.69, 9.17) is 0 Å². The fourth-order valence-electron chi connectivity index (χ4n) is 1.64. The van der Waals surface area contributed by atoms with Crippen molar-refractivity contribution in [3.8, 4) is 0 Å². The molecule has 1 heterocycles. The van der Waals surface area contributed by atoms with E-state index in [1.165, 1.54) is 6.20 Å². The highest BCUT2D eigenvalue weighted by molar-refractivity contribution is 7.89. The van der Waals surface area contributed by atoms with Crippen LogP contribution in [-0.4, -0.2) is 18.3 Å². The Balaban J connectivity index is 2.32. The van der Waals surface area contributed by atoms with Crippen molar-refractivity contribution in [1.29, 1.82) is 0 Å². The Morgan fingerprint density at radius 1 is 1.24 bits per heavy atom. The number of hydrogen-bond acceptors (Lipinski definition) is 5. The minimum Gasteiger partial charge on any atom is -0.260 e. The molecule has 110 valence electrons. The molecule has 0 aliphatic heterocycles. The Morgan fingerprint density at radius 3 is 2.62 bits per heavy atom. The molecule has 0 saturated heterocycles. The molecule has 0 unspecified atom stereocenters. The van der Waals surface area contributed by atoms with Gasteiger partial charge in [0, 0.05) is 6.20 Å². The van der Waals surface area contributed by atoms with Gasteiger partial charge in [0.1, 0.15) is 0 Å². The lowest BCUT2D eigenvalue weighted by molar-refractivity contribution is -0.390. The Bertz CT molecular complexity index is 765. The molecule has 2 rings (SSSR count). The monoisotopic (exact) mass is 311 g/mol. The number of hydrogen-bond donors (Lipinski definition) is 1. The van der Waals surface area contributed by atoms with E-state index in [0.717, 1.165) is 18.2 Å². The van der Waals surface area contributed by atoms with E-state index in [-0.39, 0.29) is 6.54 Å². The predicted molar refractivity (Wildman–Crippen MR) is 71.3 cm³/mol. The summed E-state index contributed by atoms with van der Waals surface area (Å²) in [6.07, 6.45) is 1.48. The van der Waals surface area contributed by atoms with Crippen molar-refractivity contribution in [3.05, 3.63) is 64.2 Å². The first-order valence-electron chi connectivity index (χ1n) is 5.74. The first kappa shape index (κ1) is 15.0. The number of sulfonamides is 1. The van der Waals surface area contributed by atoms with Crippen LogP contribution >= 0.6 is 0 Å². The number of nitro groups is 1. The molecule has 0 aliphatic rings. The van der Waals surface area contributed by atoms with Crippen LogP contribution in [0.15, 0.2) is 47.5 Å². The molecule has 1 aromatic carbocycles. The molecule has 0 amide bonds. The number of rotatable bonds is 5. The molecule has 1 aromatic heterocycles. The number of pyridine rings is 1. The van der Waals surface area contributed by atoms with Crippen molar-refractivity contribution in [2.75, 3.05) is 0 Å². The lowest BCUT2D eigenvalue weighted by Gasteiger charge is -2.07. The molecule has 21 heavy (non-hydrogen) atoms. The van der Waals surface area contributed by atoms with Gasteiger partial charge in [-0.25, -0.2) is 13.1 Å². The maximum Gasteiger partial charge on any atom is 0.324 e. The summed E-state index contributed by atoms with van der Waals surface area (Å²) < 4.78 is 39.7. The largest absolute Gasteiger partial charge is 0.324 e. The number of nitro benzene ring substituents is 1. The second-order valence-electron chi connectivity index (χ2n) is 3.99. The summed E-state index contributed by atoms with van der Waals surface area (Å²) >= 11 is 0. The molecular weight excluding hydrogens is 301 g/mol. The van der Waals surface area contributed by atoms with Crippen LogP contribution in [0.4, 0.5) is 10.1 Å². The van der Waals surface area contributed by atoms with Gasteiger partial charge >= 0.3 is 5.69 Å². The van der Waals surface area contributed by atoms with Crippen molar-refractivity contribution in [2.24, 2.45) is 0 Å². The third kappa shape index (κ3) is 3.38. The zero-order valence-electron chi connectivity index (χ0n) is 10.6. The topological polar surface area (TPSA) is 102 Å². The molecule has 1 N–H and O–H groups in total. The van der Waals surface area contributed by atoms with Gasteiger partial charge in [-0.05, 0) is 24.3 Å². The summed E-state index contributed by atoms with van der Waals surface area (Å²) in [5.74, 6) is -1.21. The van der Waals surface area contributed by atoms with Gasteiger partial charge in [0.2, 0.25) is 15.8 Å². The smallest absolute Gasteiger partial charge is 0.260 e. The SMILES string of the molecule is O=[N+]([O-])c1c(F)cccc1S(=O)(=O)NCc1ccccn1. The molecule has 0 fully saturated rings. The second kappa shape index (κ2) is 5.94. The van der Waals surface area contributed by atoms with Crippen LogP contribution in [0.1, 0.15) is 5.69 Å². The quantitative estimate of drug-likeness (QED) is 0.667. The fourth-order valence-corrected chi connectivity index (χ4v) is 2.82. The number of benzene rings is 1. The van der Waals surface area contributed by atoms with E-state index in [2.05, 4.69) is 9.71 Å². The first-order chi connectivity index (χ1) is 9.92. The number of aromatic nitrogens is 1. The Kier molecular flexibility index (Phi) is 4.24. The van der Waals surface area contributed by atoms with Crippen LogP contribution in [-0.2, 0) is 16.6 Å². The second-order valence-corrected chi connectivity index (χ2v) is 5.72. The summed E-state index contributed by atoms with van der Waals surface area (Å²) in [6.45, 7) is -0.156. The minimum atomic E-state index is -4.23. The standard InChI is InChI=1S/C12H10FN3O4S/c13-10-5-3-6-11(12(10)16(17)18)21(19,20)15-8-9-4-1-2-7-14-9/h1-7,15H,8H2. The normalized spacial score (nSPS) is 11.3. The van der Waals surface area contributed by atoms with Gasteiger partial charge in [0.25, 0.3) is 0 Å². The summed E-state index contributed by atoms with van der Waals surface area (Å²) in [5.41, 5.74) is -0.647. The Hall–Kier alpha value is -2.39. The van der Waals surface area contributed by atoms with Crippen LogP contribution in [0, 0.1) is 15.9 Å². The lowest BCUT2D eigenvalue weighted by Crippen LogP contribution is -2.24. The van der Waals surface area contributed by atoms with Crippen LogP contribution in [0.5, 0.6) is 0 Å². The van der Waals surface area contributed by atoms with Crippen molar-refractivity contribution < 1.29 is 17.7 Å². The Labute approximate surface area is 119 Å². The molecule has 0 aliphatic carbocycles. The lowest BCUT2D eigenvalue weighted by atomic mass is 10.3. The third-order valence-corrected chi connectivity index (χ3v) is 4.02. The van der Waals surface area contributed by atoms with E-state index in [0.29, 0.717) is 5.69 Å². The van der Waals surface area contributed by atoms with E-state index >= 15 is 0 Å².